The number of carboxylic acid groups (broad SMARTS) is 1. The predicted octanol–water partition coefficient (Wildman–Crippen LogP) is 6.22. The van der Waals surface area contributed by atoms with Crippen LogP contribution in [0, 0.1) is 0 Å². The SMILES string of the molecule is COC(=O)c1cccc(C(C)(C)C(/C=C/C=C/C=C/C=C2/N(CCCCS(=O)(=O)O)c3ccc(C(=O)O)cc3C2(C)C)=[N+](C)CCCCS(=O)(=O)O)c1. The molecule has 0 amide bonds. The lowest BCUT2D eigenvalue weighted by molar-refractivity contribution is -0.499. The summed E-state index contributed by atoms with van der Waals surface area (Å²) in [6.45, 7) is 9.06. The quantitative estimate of drug-likeness (QED) is 0.0392. The van der Waals surface area contributed by atoms with E-state index in [4.69, 9.17) is 9.29 Å². The highest BCUT2D eigenvalue weighted by molar-refractivity contribution is 7.86. The van der Waals surface area contributed by atoms with Crippen molar-refractivity contribution in [1.82, 2.24) is 0 Å². The van der Waals surface area contributed by atoms with Gasteiger partial charge >= 0.3 is 11.9 Å². The van der Waals surface area contributed by atoms with Gasteiger partial charge < -0.3 is 14.7 Å². The van der Waals surface area contributed by atoms with Gasteiger partial charge in [0.1, 0.15) is 13.6 Å². The Kier molecular flexibility index (Phi) is 14.7. The van der Waals surface area contributed by atoms with Crippen LogP contribution in [0.2, 0.25) is 0 Å². The van der Waals surface area contributed by atoms with Gasteiger partial charge in [-0.2, -0.15) is 16.8 Å². The Bertz CT molecular complexity index is 2040. The molecular weight excluding hydrogens is 721 g/mol. The number of anilines is 1. The zero-order chi connectivity index (χ0) is 39.6. The molecule has 288 valence electrons. The fourth-order valence-electron chi connectivity index (χ4n) is 6.46. The number of hydrogen-bond donors (Lipinski definition) is 3. The molecule has 1 aliphatic heterocycles. The Morgan fingerprint density at radius 2 is 1.49 bits per heavy atom. The van der Waals surface area contributed by atoms with Gasteiger partial charge in [0.05, 0.1) is 35.2 Å². The molecule has 53 heavy (non-hydrogen) atoms. The lowest BCUT2D eigenvalue weighted by Crippen LogP contribution is -2.35. The number of hydrogen-bond acceptors (Lipinski definition) is 8. The first-order chi connectivity index (χ1) is 24.7. The average molecular weight is 772 g/mol. The third kappa shape index (κ3) is 12.1. The van der Waals surface area contributed by atoms with E-state index in [1.54, 1.807) is 36.4 Å². The Morgan fingerprint density at radius 3 is 2.11 bits per heavy atom. The van der Waals surface area contributed by atoms with Crippen molar-refractivity contribution in [2.24, 2.45) is 0 Å². The highest BCUT2D eigenvalue weighted by atomic mass is 32.2. The molecule has 0 aliphatic carbocycles. The van der Waals surface area contributed by atoms with Crippen molar-refractivity contribution >= 4 is 43.6 Å². The fourth-order valence-corrected chi connectivity index (χ4v) is 7.59. The molecule has 12 nitrogen and oxygen atoms in total. The lowest BCUT2D eigenvalue weighted by atomic mass is 9.78. The number of aromatic carboxylic acids is 1. The van der Waals surface area contributed by atoms with E-state index >= 15 is 0 Å². The molecule has 0 saturated heterocycles. The highest BCUT2D eigenvalue weighted by Crippen LogP contribution is 2.48. The minimum atomic E-state index is -4.08. The number of rotatable bonds is 18. The van der Waals surface area contributed by atoms with Crippen LogP contribution in [-0.4, -0.2) is 92.0 Å². The fraction of sp³-hybridized carbons (Fsp3) is 0.410. The van der Waals surface area contributed by atoms with Gasteiger partial charge in [-0.15, -0.1) is 0 Å². The van der Waals surface area contributed by atoms with E-state index in [0.29, 0.717) is 37.9 Å². The summed E-state index contributed by atoms with van der Waals surface area (Å²) in [5.41, 5.74) is 3.83. The third-order valence-electron chi connectivity index (χ3n) is 9.33. The molecule has 0 bridgehead atoms. The van der Waals surface area contributed by atoms with Gasteiger partial charge in [0, 0.05) is 35.8 Å². The van der Waals surface area contributed by atoms with Gasteiger partial charge in [0.25, 0.3) is 20.2 Å². The van der Waals surface area contributed by atoms with Gasteiger partial charge in [-0.1, -0.05) is 56.4 Å². The van der Waals surface area contributed by atoms with Crippen LogP contribution in [-0.2, 0) is 35.8 Å². The second-order valence-corrected chi connectivity index (χ2v) is 17.1. The minimum absolute atomic E-state index is 0.175. The number of fused-ring (bicyclic) bond motifs is 1. The van der Waals surface area contributed by atoms with Crippen LogP contribution in [0.15, 0.2) is 90.7 Å². The van der Waals surface area contributed by atoms with Crippen molar-refractivity contribution in [3.05, 3.63) is 113 Å². The van der Waals surface area contributed by atoms with Crippen LogP contribution < -0.4 is 4.90 Å². The summed E-state index contributed by atoms with van der Waals surface area (Å²) in [6.07, 6.45) is 14.8. The van der Waals surface area contributed by atoms with Crippen LogP contribution in [0.25, 0.3) is 0 Å². The molecule has 0 fully saturated rings. The van der Waals surface area contributed by atoms with Crippen molar-refractivity contribution < 1.29 is 49.9 Å². The Labute approximate surface area is 313 Å². The van der Waals surface area contributed by atoms with E-state index in [2.05, 4.69) is 4.90 Å². The highest BCUT2D eigenvalue weighted by Gasteiger charge is 2.40. The summed E-state index contributed by atoms with van der Waals surface area (Å²) >= 11 is 0. The van der Waals surface area contributed by atoms with Crippen molar-refractivity contribution in [3.63, 3.8) is 0 Å². The van der Waals surface area contributed by atoms with Crippen LogP contribution in [0.4, 0.5) is 5.69 Å². The first kappa shape index (κ1) is 43.0. The molecule has 0 radical (unpaired) electrons. The summed E-state index contributed by atoms with van der Waals surface area (Å²) in [5.74, 6) is -2.13. The van der Waals surface area contributed by atoms with E-state index in [1.807, 2.05) is 87.9 Å². The summed E-state index contributed by atoms with van der Waals surface area (Å²) in [6, 6.07) is 12.2. The first-order valence-corrected chi connectivity index (χ1v) is 20.5. The maximum Gasteiger partial charge on any atom is 0.337 e. The number of benzene rings is 2. The number of carbonyl (C=O) groups excluding carboxylic acids is 1. The normalized spacial score (nSPS) is 16.2. The maximum atomic E-state index is 12.3. The molecule has 2 aromatic rings. The molecular formula is C39H51N2O10S2+. The number of allylic oxidation sites excluding steroid dienone is 8. The maximum absolute atomic E-state index is 12.3. The second-order valence-electron chi connectivity index (χ2n) is 14.0. The molecule has 14 heteroatoms. The van der Waals surface area contributed by atoms with E-state index < -0.39 is 43.0 Å². The van der Waals surface area contributed by atoms with Crippen molar-refractivity contribution in [2.45, 2.75) is 64.2 Å². The Morgan fingerprint density at radius 1 is 0.868 bits per heavy atom. The number of carboxylic acids is 1. The van der Waals surface area contributed by atoms with Gasteiger partial charge in [-0.3, -0.25) is 9.11 Å². The largest absolute Gasteiger partial charge is 0.478 e. The van der Waals surface area contributed by atoms with Crippen LogP contribution in [0.5, 0.6) is 0 Å². The van der Waals surface area contributed by atoms with Gasteiger partial charge in [-0.05, 0) is 80.6 Å². The Balaban J connectivity index is 1.90. The summed E-state index contributed by atoms with van der Waals surface area (Å²) in [5, 5.41) is 9.61. The number of nitrogens with zero attached hydrogens (tertiary/aromatic N) is 2. The molecule has 1 heterocycles. The smallest absolute Gasteiger partial charge is 0.337 e. The molecule has 1 aliphatic rings. The third-order valence-corrected chi connectivity index (χ3v) is 10.9. The van der Waals surface area contributed by atoms with Gasteiger partial charge in [-0.25, -0.2) is 14.2 Å². The summed E-state index contributed by atoms with van der Waals surface area (Å²) in [7, 11) is -4.90. The zero-order valence-corrected chi connectivity index (χ0v) is 32.8. The van der Waals surface area contributed by atoms with E-state index in [1.165, 1.54) is 7.11 Å². The number of esters is 1. The number of unbranched alkanes of at least 4 members (excludes halogenated alkanes) is 2. The molecule has 2 aromatic carbocycles. The van der Waals surface area contributed by atoms with Crippen molar-refractivity contribution in [2.75, 3.05) is 43.7 Å². The summed E-state index contributed by atoms with van der Waals surface area (Å²) < 4.78 is 70.3. The molecule has 3 N–H and O–H groups in total. The molecule has 0 spiro atoms. The number of ether oxygens (including phenoxy) is 1. The zero-order valence-electron chi connectivity index (χ0n) is 31.2. The number of methoxy groups -OCH3 is 1. The first-order valence-electron chi connectivity index (χ1n) is 17.2. The number of carbonyl (C=O) groups is 2. The molecule has 0 atom stereocenters. The Hall–Kier alpha value is -4.37. The topological polar surface area (TPSA) is 179 Å². The minimum Gasteiger partial charge on any atom is -0.478 e. The average Bonchev–Trinajstić information content (AvgIpc) is 3.29. The molecule has 0 aromatic heterocycles. The predicted molar refractivity (Wildman–Crippen MR) is 207 cm³/mol. The molecule has 0 unspecified atom stereocenters. The molecule has 0 saturated carbocycles. The van der Waals surface area contributed by atoms with Crippen LogP contribution in [0.3, 0.4) is 0 Å². The van der Waals surface area contributed by atoms with Crippen molar-refractivity contribution in [1.29, 1.82) is 0 Å². The van der Waals surface area contributed by atoms with Crippen LogP contribution >= 0.6 is 0 Å². The van der Waals surface area contributed by atoms with E-state index in [9.17, 15) is 36.1 Å². The standard InChI is InChI=1S/C39H50N2O10S2/c1-38(2,31-18-16-17-30(27-31)37(44)51-6)34(40(5)23-12-14-25-52(45,46)47)19-10-8-7-9-11-20-35-39(3,4)32-28-29(36(42)43)21-22-33(32)41(35)24-13-15-26-53(48,49)50/h7-11,16-22,27-28H,12-15,23-26H2,1-6H3,(H2-,42,43,45,46,47,48,49,50)/p+1. The van der Waals surface area contributed by atoms with Gasteiger partial charge in [0.15, 0.2) is 5.71 Å². The van der Waals surface area contributed by atoms with Crippen molar-refractivity contribution in [3.8, 4) is 0 Å². The van der Waals surface area contributed by atoms with E-state index in [-0.39, 0.29) is 23.5 Å². The van der Waals surface area contributed by atoms with Gasteiger partial charge in [0.2, 0.25) is 0 Å². The monoisotopic (exact) mass is 771 g/mol. The lowest BCUT2D eigenvalue weighted by Gasteiger charge is -2.27. The summed E-state index contributed by atoms with van der Waals surface area (Å²) in [4.78, 5) is 26.1. The van der Waals surface area contributed by atoms with Crippen LogP contribution in [0.1, 0.15) is 85.2 Å². The van der Waals surface area contributed by atoms with E-state index in [0.717, 1.165) is 28.2 Å². The second kappa shape index (κ2) is 18.1. The molecule has 3 rings (SSSR count).